The Bertz CT molecular complexity index is 1040. The zero-order valence-electron chi connectivity index (χ0n) is 16.5. The van der Waals surface area contributed by atoms with Crippen LogP contribution in [0.3, 0.4) is 0 Å². The molecule has 2 aromatic carbocycles. The molecule has 0 bridgehead atoms. The molecular weight excluding hydrogens is 372 g/mol. The van der Waals surface area contributed by atoms with Gasteiger partial charge in [-0.05, 0) is 43.7 Å². The number of benzene rings is 2. The van der Waals surface area contributed by atoms with Crippen LogP contribution in [0.5, 0.6) is 5.75 Å². The van der Waals surface area contributed by atoms with Crippen LogP contribution in [0.2, 0.25) is 0 Å². The van der Waals surface area contributed by atoms with Gasteiger partial charge in [-0.1, -0.05) is 24.3 Å². The zero-order chi connectivity index (χ0) is 20.8. The first-order valence-electron chi connectivity index (χ1n) is 9.52. The van der Waals surface area contributed by atoms with Crippen molar-refractivity contribution < 1.29 is 19.4 Å². The Morgan fingerprint density at radius 2 is 1.90 bits per heavy atom. The standard InChI is InChI=1S/C22H24N2O5/c1-3-28-20(22(26)27)14-16-8-10-17(11-9-16)29-13-12-24-15(2)23-19-7-5-4-6-18(19)21(24)25/h4-11,20H,3,12-14H2,1-2H3,(H,26,27)/t20-/m0/s1. The van der Waals surface area contributed by atoms with E-state index in [9.17, 15) is 14.7 Å². The number of hydrogen-bond acceptors (Lipinski definition) is 5. The van der Waals surface area contributed by atoms with Crippen molar-refractivity contribution in [1.82, 2.24) is 9.55 Å². The van der Waals surface area contributed by atoms with Crippen molar-refractivity contribution in [3.05, 3.63) is 70.3 Å². The summed E-state index contributed by atoms with van der Waals surface area (Å²) in [6, 6.07) is 14.5. The van der Waals surface area contributed by atoms with E-state index in [1.807, 2.05) is 30.3 Å². The van der Waals surface area contributed by atoms with E-state index >= 15 is 0 Å². The van der Waals surface area contributed by atoms with E-state index in [0.717, 1.165) is 5.56 Å². The molecule has 7 heteroatoms. The summed E-state index contributed by atoms with van der Waals surface area (Å²) >= 11 is 0. The number of hydrogen-bond donors (Lipinski definition) is 1. The maximum Gasteiger partial charge on any atom is 0.333 e. The number of nitrogens with zero attached hydrogens (tertiary/aromatic N) is 2. The van der Waals surface area contributed by atoms with E-state index in [4.69, 9.17) is 9.47 Å². The van der Waals surface area contributed by atoms with Gasteiger partial charge in [0.15, 0.2) is 6.10 Å². The number of ether oxygens (including phenoxy) is 2. The number of carboxylic acids is 1. The topological polar surface area (TPSA) is 90.7 Å². The average molecular weight is 396 g/mol. The number of aryl methyl sites for hydroxylation is 1. The number of carboxylic acid groups (broad SMARTS) is 1. The van der Waals surface area contributed by atoms with E-state index in [0.29, 0.717) is 48.7 Å². The molecule has 0 aliphatic carbocycles. The fourth-order valence-electron chi connectivity index (χ4n) is 3.15. The minimum absolute atomic E-state index is 0.0808. The summed E-state index contributed by atoms with van der Waals surface area (Å²) < 4.78 is 12.6. The van der Waals surface area contributed by atoms with Crippen molar-refractivity contribution in [3.8, 4) is 5.75 Å². The number of aromatic nitrogens is 2. The zero-order valence-corrected chi connectivity index (χ0v) is 16.5. The molecule has 3 aromatic rings. The third-order valence-electron chi connectivity index (χ3n) is 4.62. The van der Waals surface area contributed by atoms with Gasteiger partial charge < -0.3 is 14.6 Å². The molecule has 0 saturated carbocycles. The van der Waals surface area contributed by atoms with Gasteiger partial charge in [0.2, 0.25) is 0 Å². The quantitative estimate of drug-likeness (QED) is 0.598. The van der Waals surface area contributed by atoms with Crippen LogP contribution >= 0.6 is 0 Å². The highest BCUT2D eigenvalue weighted by Gasteiger charge is 2.17. The van der Waals surface area contributed by atoms with Crippen LogP contribution in [0.1, 0.15) is 18.3 Å². The van der Waals surface area contributed by atoms with E-state index in [-0.39, 0.29) is 5.56 Å². The van der Waals surface area contributed by atoms with Crippen LogP contribution in [0.25, 0.3) is 10.9 Å². The smallest absolute Gasteiger partial charge is 0.333 e. The predicted molar refractivity (Wildman–Crippen MR) is 109 cm³/mol. The molecule has 0 spiro atoms. The molecule has 152 valence electrons. The first kappa shape index (κ1) is 20.5. The van der Waals surface area contributed by atoms with E-state index in [1.54, 1.807) is 36.6 Å². The monoisotopic (exact) mass is 396 g/mol. The van der Waals surface area contributed by atoms with Gasteiger partial charge >= 0.3 is 5.97 Å². The number of fused-ring (bicyclic) bond motifs is 1. The van der Waals surface area contributed by atoms with E-state index in [2.05, 4.69) is 4.98 Å². The highest BCUT2D eigenvalue weighted by Crippen LogP contribution is 2.15. The van der Waals surface area contributed by atoms with Crippen molar-refractivity contribution in [2.45, 2.75) is 32.9 Å². The largest absolute Gasteiger partial charge is 0.492 e. The summed E-state index contributed by atoms with van der Waals surface area (Å²) in [6.07, 6.45) is -0.567. The lowest BCUT2D eigenvalue weighted by Gasteiger charge is -2.13. The molecule has 1 heterocycles. The van der Waals surface area contributed by atoms with Gasteiger partial charge in [0, 0.05) is 13.0 Å². The summed E-state index contributed by atoms with van der Waals surface area (Å²) in [5, 5.41) is 9.76. The molecule has 3 rings (SSSR count). The molecule has 1 atom stereocenters. The Labute approximate surface area is 168 Å². The lowest BCUT2D eigenvalue weighted by Crippen LogP contribution is -2.26. The number of carbonyl (C=O) groups is 1. The highest BCUT2D eigenvalue weighted by molar-refractivity contribution is 5.77. The molecule has 29 heavy (non-hydrogen) atoms. The minimum Gasteiger partial charge on any atom is -0.492 e. The van der Waals surface area contributed by atoms with Crippen LogP contribution in [-0.4, -0.2) is 39.9 Å². The fraction of sp³-hybridized carbons (Fsp3) is 0.318. The van der Waals surface area contributed by atoms with Gasteiger partial charge in [-0.3, -0.25) is 9.36 Å². The molecule has 0 unspecified atom stereocenters. The number of para-hydroxylation sites is 1. The maximum atomic E-state index is 12.7. The molecule has 0 fully saturated rings. The van der Waals surface area contributed by atoms with Crippen LogP contribution in [0.15, 0.2) is 53.3 Å². The summed E-state index contributed by atoms with van der Waals surface area (Å²) in [7, 11) is 0. The lowest BCUT2D eigenvalue weighted by atomic mass is 10.1. The molecule has 0 saturated heterocycles. The van der Waals surface area contributed by atoms with Crippen LogP contribution < -0.4 is 10.3 Å². The Balaban J connectivity index is 1.62. The van der Waals surface area contributed by atoms with Crippen molar-refractivity contribution in [2.24, 2.45) is 0 Å². The normalized spacial score (nSPS) is 12.1. The second kappa shape index (κ2) is 9.34. The van der Waals surface area contributed by atoms with Crippen LogP contribution in [-0.2, 0) is 22.5 Å². The molecule has 0 amide bonds. The summed E-state index contributed by atoms with van der Waals surface area (Å²) in [5.74, 6) is 0.316. The van der Waals surface area contributed by atoms with Crippen molar-refractivity contribution in [1.29, 1.82) is 0 Å². The maximum absolute atomic E-state index is 12.7. The summed E-state index contributed by atoms with van der Waals surface area (Å²) in [4.78, 5) is 28.3. The molecule has 1 N–H and O–H groups in total. The lowest BCUT2D eigenvalue weighted by molar-refractivity contribution is -0.149. The van der Waals surface area contributed by atoms with Gasteiger partial charge in [0.05, 0.1) is 17.4 Å². The Morgan fingerprint density at radius 3 is 2.59 bits per heavy atom. The number of rotatable bonds is 9. The Morgan fingerprint density at radius 1 is 1.17 bits per heavy atom. The highest BCUT2D eigenvalue weighted by atomic mass is 16.5. The summed E-state index contributed by atoms with van der Waals surface area (Å²) in [6.45, 7) is 4.62. The van der Waals surface area contributed by atoms with E-state index in [1.165, 1.54) is 0 Å². The Kier molecular flexibility index (Phi) is 6.61. The first-order chi connectivity index (χ1) is 14.0. The van der Waals surface area contributed by atoms with Gasteiger partial charge in [0.1, 0.15) is 18.2 Å². The predicted octanol–water partition coefficient (Wildman–Crippen LogP) is 2.82. The third kappa shape index (κ3) is 5.00. The fourth-order valence-corrected chi connectivity index (χ4v) is 3.15. The average Bonchev–Trinajstić information content (AvgIpc) is 2.71. The SMILES string of the molecule is CCO[C@@H](Cc1ccc(OCCn2c(C)nc3ccccc3c2=O)cc1)C(=O)O. The Hall–Kier alpha value is -3.19. The minimum atomic E-state index is -0.975. The molecule has 0 aliphatic rings. The van der Waals surface area contributed by atoms with Crippen molar-refractivity contribution in [2.75, 3.05) is 13.2 Å². The second-order valence-corrected chi connectivity index (χ2v) is 6.61. The van der Waals surface area contributed by atoms with Gasteiger partial charge in [-0.2, -0.15) is 0 Å². The van der Waals surface area contributed by atoms with Crippen molar-refractivity contribution >= 4 is 16.9 Å². The molecule has 7 nitrogen and oxygen atoms in total. The van der Waals surface area contributed by atoms with Gasteiger partial charge in [0.25, 0.3) is 5.56 Å². The van der Waals surface area contributed by atoms with Crippen LogP contribution in [0.4, 0.5) is 0 Å². The first-order valence-corrected chi connectivity index (χ1v) is 9.52. The molecular formula is C22H24N2O5. The second-order valence-electron chi connectivity index (χ2n) is 6.61. The third-order valence-corrected chi connectivity index (χ3v) is 4.62. The molecule has 1 aromatic heterocycles. The molecule has 0 radical (unpaired) electrons. The van der Waals surface area contributed by atoms with Gasteiger partial charge in [-0.15, -0.1) is 0 Å². The van der Waals surface area contributed by atoms with Crippen molar-refractivity contribution in [3.63, 3.8) is 0 Å². The van der Waals surface area contributed by atoms with Gasteiger partial charge in [-0.25, -0.2) is 9.78 Å². The summed E-state index contributed by atoms with van der Waals surface area (Å²) in [5.41, 5.74) is 1.46. The molecule has 0 aliphatic heterocycles. The number of aliphatic carboxylic acids is 1. The van der Waals surface area contributed by atoms with Crippen LogP contribution in [0, 0.1) is 6.92 Å². The van der Waals surface area contributed by atoms with E-state index < -0.39 is 12.1 Å².